The maximum absolute atomic E-state index is 5.54. The van der Waals surface area contributed by atoms with Crippen LogP contribution in [0.2, 0.25) is 0 Å². The first-order chi connectivity index (χ1) is 15.6. The van der Waals surface area contributed by atoms with Gasteiger partial charge in [-0.2, -0.15) is 0 Å². The molecule has 2 aliphatic heterocycles. The number of guanidine groups is 1. The van der Waals surface area contributed by atoms with Crippen LogP contribution in [0.4, 0.5) is 0 Å². The van der Waals surface area contributed by atoms with E-state index >= 15 is 0 Å². The summed E-state index contributed by atoms with van der Waals surface area (Å²) in [5.74, 6) is 1.45. The highest BCUT2D eigenvalue weighted by atomic mass is 16.5. The molecule has 1 unspecified atom stereocenters. The second-order valence-electron chi connectivity index (χ2n) is 9.25. The average Bonchev–Trinajstić information content (AvgIpc) is 2.83. The second kappa shape index (κ2) is 13.1. The zero-order chi connectivity index (χ0) is 22.8. The highest BCUT2D eigenvalue weighted by molar-refractivity contribution is 5.79. The molecule has 32 heavy (non-hydrogen) atoms. The van der Waals surface area contributed by atoms with E-state index in [9.17, 15) is 0 Å². The summed E-state index contributed by atoms with van der Waals surface area (Å²) in [4.78, 5) is 12.1. The molecular formula is C25H44N6O. The highest BCUT2D eigenvalue weighted by Gasteiger charge is 2.24. The summed E-state index contributed by atoms with van der Waals surface area (Å²) in [7, 11) is 1.85. The van der Waals surface area contributed by atoms with Crippen LogP contribution in [0.1, 0.15) is 31.9 Å². The van der Waals surface area contributed by atoms with Crippen molar-refractivity contribution in [3.8, 4) is 0 Å². The molecule has 2 heterocycles. The summed E-state index contributed by atoms with van der Waals surface area (Å²) < 4.78 is 5.54. The molecule has 1 atom stereocenters. The lowest BCUT2D eigenvalue weighted by Crippen LogP contribution is -2.52. The van der Waals surface area contributed by atoms with Crippen molar-refractivity contribution < 1.29 is 4.74 Å². The Morgan fingerprint density at radius 2 is 1.62 bits per heavy atom. The minimum absolute atomic E-state index is 0.478. The smallest absolute Gasteiger partial charge is 0.191 e. The zero-order valence-electron chi connectivity index (χ0n) is 20.6. The van der Waals surface area contributed by atoms with Gasteiger partial charge in [0.2, 0.25) is 0 Å². The largest absolute Gasteiger partial charge is 0.379 e. The van der Waals surface area contributed by atoms with E-state index in [1.165, 1.54) is 24.2 Å². The van der Waals surface area contributed by atoms with E-state index in [1.54, 1.807) is 0 Å². The highest BCUT2D eigenvalue weighted by Crippen LogP contribution is 2.14. The minimum atomic E-state index is 0.478. The van der Waals surface area contributed by atoms with Gasteiger partial charge in [-0.15, -0.1) is 0 Å². The van der Waals surface area contributed by atoms with E-state index in [4.69, 9.17) is 4.74 Å². The fourth-order valence-electron chi connectivity index (χ4n) is 4.69. The fraction of sp³-hybridized carbons (Fsp3) is 0.720. The van der Waals surface area contributed by atoms with Gasteiger partial charge in [0.05, 0.1) is 13.2 Å². The average molecular weight is 445 g/mol. The quantitative estimate of drug-likeness (QED) is 0.448. The van der Waals surface area contributed by atoms with E-state index in [1.807, 2.05) is 7.05 Å². The topological polar surface area (TPSA) is 55.4 Å². The molecule has 180 valence electrons. The third kappa shape index (κ3) is 7.44. The Morgan fingerprint density at radius 1 is 0.969 bits per heavy atom. The Balaban J connectivity index is 1.51. The number of ether oxygens (including phenoxy) is 1. The molecule has 0 spiro atoms. The van der Waals surface area contributed by atoms with Crippen LogP contribution in [0.5, 0.6) is 0 Å². The molecule has 0 radical (unpaired) electrons. The maximum atomic E-state index is 5.54. The van der Waals surface area contributed by atoms with Gasteiger partial charge in [-0.1, -0.05) is 45.0 Å². The van der Waals surface area contributed by atoms with Crippen molar-refractivity contribution in [1.29, 1.82) is 0 Å². The fourth-order valence-corrected chi connectivity index (χ4v) is 4.69. The van der Waals surface area contributed by atoms with Crippen LogP contribution >= 0.6 is 0 Å². The second-order valence-corrected chi connectivity index (χ2v) is 9.25. The van der Waals surface area contributed by atoms with Crippen LogP contribution in [-0.4, -0.2) is 99.3 Å². The van der Waals surface area contributed by atoms with Crippen molar-refractivity contribution in [2.75, 3.05) is 72.6 Å². The number of rotatable bonds is 9. The lowest BCUT2D eigenvalue weighted by molar-refractivity contribution is 0.00752. The number of aliphatic imine (C=N–C) groups is 1. The summed E-state index contributed by atoms with van der Waals surface area (Å²) in [6.45, 7) is 19.0. The third-order valence-electron chi connectivity index (χ3n) is 6.86. The van der Waals surface area contributed by atoms with Gasteiger partial charge in [0.25, 0.3) is 0 Å². The van der Waals surface area contributed by atoms with Crippen LogP contribution in [0, 0.1) is 5.92 Å². The number of hydrogen-bond donors (Lipinski definition) is 2. The Kier molecular flexibility index (Phi) is 10.2. The van der Waals surface area contributed by atoms with Gasteiger partial charge in [-0.05, 0) is 23.6 Å². The van der Waals surface area contributed by atoms with Crippen molar-refractivity contribution in [1.82, 2.24) is 25.3 Å². The number of likely N-dealkylation sites (N-methyl/N-ethyl adjacent to an activating group) is 1. The molecule has 1 aromatic rings. The van der Waals surface area contributed by atoms with Crippen molar-refractivity contribution in [3.63, 3.8) is 0 Å². The summed E-state index contributed by atoms with van der Waals surface area (Å²) in [6.07, 6.45) is 0. The third-order valence-corrected chi connectivity index (χ3v) is 6.86. The van der Waals surface area contributed by atoms with Crippen LogP contribution in [0.3, 0.4) is 0 Å². The van der Waals surface area contributed by atoms with E-state index < -0.39 is 0 Å². The monoisotopic (exact) mass is 444 g/mol. The Morgan fingerprint density at radius 3 is 2.25 bits per heavy atom. The predicted octanol–water partition coefficient (Wildman–Crippen LogP) is 1.85. The van der Waals surface area contributed by atoms with Gasteiger partial charge < -0.3 is 20.3 Å². The lowest BCUT2D eigenvalue weighted by atomic mass is 10.0. The van der Waals surface area contributed by atoms with E-state index in [2.05, 4.69) is 75.4 Å². The van der Waals surface area contributed by atoms with Gasteiger partial charge in [-0.3, -0.25) is 14.8 Å². The molecule has 7 nitrogen and oxygen atoms in total. The molecule has 0 bridgehead atoms. The van der Waals surface area contributed by atoms with Gasteiger partial charge in [-0.25, -0.2) is 0 Å². The van der Waals surface area contributed by atoms with Crippen molar-refractivity contribution in [2.24, 2.45) is 10.9 Å². The molecule has 3 rings (SSSR count). The number of morpholine rings is 1. The van der Waals surface area contributed by atoms with E-state index in [0.717, 1.165) is 71.5 Å². The first-order valence-corrected chi connectivity index (χ1v) is 12.4. The van der Waals surface area contributed by atoms with E-state index in [-0.39, 0.29) is 0 Å². The molecule has 2 aliphatic rings. The van der Waals surface area contributed by atoms with Crippen LogP contribution in [0.15, 0.2) is 29.3 Å². The molecule has 0 aromatic heterocycles. The lowest BCUT2D eigenvalue weighted by Gasteiger charge is -2.37. The summed E-state index contributed by atoms with van der Waals surface area (Å²) in [5, 5.41) is 7.12. The normalized spacial score (nSPS) is 20.5. The predicted molar refractivity (Wildman–Crippen MR) is 133 cm³/mol. The molecule has 2 fully saturated rings. The first kappa shape index (κ1) is 25.0. The van der Waals surface area contributed by atoms with Crippen LogP contribution in [-0.2, 0) is 17.8 Å². The molecule has 2 saturated heterocycles. The van der Waals surface area contributed by atoms with Crippen LogP contribution in [0.25, 0.3) is 0 Å². The van der Waals surface area contributed by atoms with Gasteiger partial charge in [0, 0.05) is 72.0 Å². The SMILES string of the molecule is CCN1CCN(Cc2ccccc2CNC(=NC)NCC(C(C)C)N2CCOCC2)CC1. The van der Waals surface area contributed by atoms with Gasteiger partial charge >= 0.3 is 0 Å². The zero-order valence-corrected chi connectivity index (χ0v) is 20.6. The van der Waals surface area contributed by atoms with Crippen molar-refractivity contribution in [3.05, 3.63) is 35.4 Å². The summed E-state index contributed by atoms with van der Waals surface area (Å²) in [5.41, 5.74) is 2.76. The Hall–Kier alpha value is -1.67. The molecular weight excluding hydrogens is 400 g/mol. The van der Waals surface area contributed by atoms with Crippen molar-refractivity contribution in [2.45, 2.75) is 39.9 Å². The molecule has 0 saturated carbocycles. The van der Waals surface area contributed by atoms with Crippen molar-refractivity contribution >= 4 is 5.96 Å². The number of nitrogens with zero attached hydrogens (tertiary/aromatic N) is 4. The number of hydrogen-bond acceptors (Lipinski definition) is 5. The van der Waals surface area contributed by atoms with Gasteiger partial charge in [0.15, 0.2) is 5.96 Å². The first-order valence-electron chi connectivity index (χ1n) is 12.4. The van der Waals surface area contributed by atoms with Crippen LogP contribution < -0.4 is 10.6 Å². The Labute approximate surface area is 195 Å². The molecule has 7 heteroatoms. The number of nitrogens with one attached hydrogen (secondary N) is 2. The molecule has 0 aliphatic carbocycles. The molecule has 0 amide bonds. The molecule has 2 N–H and O–H groups in total. The maximum Gasteiger partial charge on any atom is 0.191 e. The number of benzene rings is 1. The molecule has 1 aromatic carbocycles. The Bertz CT molecular complexity index is 695. The standard InChI is InChI=1S/C25H44N6O/c1-5-29-10-12-30(13-11-29)20-23-9-7-6-8-22(23)18-27-25(26-4)28-19-24(21(2)3)31-14-16-32-17-15-31/h6-9,21,24H,5,10-20H2,1-4H3,(H2,26,27,28). The van der Waals surface area contributed by atoms with E-state index in [0.29, 0.717) is 12.0 Å². The summed E-state index contributed by atoms with van der Waals surface area (Å²) >= 11 is 0. The number of piperazine rings is 1. The van der Waals surface area contributed by atoms with Gasteiger partial charge in [0.1, 0.15) is 0 Å². The summed E-state index contributed by atoms with van der Waals surface area (Å²) in [6, 6.07) is 9.28. The minimum Gasteiger partial charge on any atom is -0.379 e.